The van der Waals surface area contributed by atoms with Crippen LogP contribution in [0.3, 0.4) is 0 Å². The highest BCUT2D eigenvalue weighted by molar-refractivity contribution is 6.21. The molecule has 0 aliphatic rings. The van der Waals surface area contributed by atoms with Gasteiger partial charge in [0.05, 0.1) is 17.9 Å². The number of alkyl halides is 1. The Morgan fingerprint density at radius 2 is 1.83 bits per heavy atom. The van der Waals surface area contributed by atoms with Gasteiger partial charge in [0.1, 0.15) is 0 Å². The molecule has 1 unspecified atom stereocenters. The summed E-state index contributed by atoms with van der Waals surface area (Å²) in [6.07, 6.45) is 4.18. The van der Waals surface area contributed by atoms with Gasteiger partial charge in [0, 0.05) is 5.56 Å². The summed E-state index contributed by atoms with van der Waals surface area (Å²) in [5.41, 5.74) is 2.30. The SMILES string of the molecule is ClC(Cc1cccc2ccccc12)c1ccoc1. The van der Waals surface area contributed by atoms with E-state index in [1.165, 1.54) is 16.3 Å². The molecule has 0 saturated heterocycles. The second-order valence-electron chi connectivity index (χ2n) is 4.37. The first kappa shape index (κ1) is 11.4. The molecule has 1 heterocycles. The fourth-order valence-electron chi connectivity index (χ4n) is 2.23. The minimum Gasteiger partial charge on any atom is -0.472 e. The van der Waals surface area contributed by atoms with Crippen molar-refractivity contribution in [2.24, 2.45) is 0 Å². The standard InChI is InChI=1S/C16H13ClO/c17-16(14-8-9-18-11-14)10-13-6-3-5-12-4-1-2-7-15(12)13/h1-9,11,16H,10H2. The van der Waals surface area contributed by atoms with Crippen LogP contribution in [0, 0.1) is 0 Å². The molecule has 0 N–H and O–H groups in total. The minimum absolute atomic E-state index is 0.0467. The lowest BCUT2D eigenvalue weighted by molar-refractivity contribution is 0.563. The van der Waals surface area contributed by atoms with Gasteiger partial charge in [-0.1, -0.05) is 42.5 Å². The van der Waals surface area contributed by atoms with Gasteiger partial charge in [-0.25, -0.2) is 0 Å². The van der Waals surface area contributed by atoms with E-state index in [1.807, 2.05) is 6.07 Å². The molecule has 0 amide bonds. The zero-order chi connectivity index (χ0) is 12.4. The van der Waals surface area contributed by atoms with Crippen molar-refractivity contribution in [1.82, 2.24) is 0 Å². The first-order valence-electron chi connectivity index (χ1n) is 5.97. The van der Waals surface area contributed by atoms with Crippen molar-refractivity contribution in [3.8, 4) is 0 Å². The van der Waals surface area contributed by atoms with Gasteiger partial charge in [0.15, 0.2) is 0 Å². The summed E-state index contributed by atoms with van der Waals surface area (Å²) in [7, 11) is 0. The zero-order valence-electron chi connectivity index (χ0n) is 9.84. The summed E-state index contributed by atoms with van der Waals surface area (Å²) < 4.78 is 5.08. The Labute approximate surface area is 111 Å². The number of fused-ring (bicyclic) bond motifs is 1. The molecule has 0 aliphatic heterocycles. The van der Waals surface area contributed by atoms with Crippen LogP contribution in [-0.4, -0.2) is 0 Å². The lowest BCUT2D eigenvalue weighted by Crippen LogP contribution is -1.95. The maximum Gasteiger partial charge on any atom is 0.0949 e. The van der Waals surface area contributed by atoms with Crippen molar-refractivity contribution in [3.63, 3.8) is 0 Å². The third-order valence-corrected chi connectivity index (χ3v) is 3.59. The number of hydrogen-bond donors (Lipinski definition) is 0. The molecule has 0 fully saturated rings. The van der Waals surface area contributed by atoms with Crippen LogP contribution in [0.15, 0.2) is 65.5 Å². The molecule has 1 nitrogen and oxygen atoms in total. The number of furan rings is 1. The molecule has 0 aliphatic carbocycles. The molecule has 2 heteroatoms. The van der Waals surface area contributed by atoms with E-state index >= 15 is 0 Å². The van der Waals surface area contributed by atoms with E-state index in [-0.39, 0.29) is 5.38 Å². The molecule has 0 radical (unpaired) electrons. The van der Waals surface area contributed by atoms with E-state index in [4.69, 9.17) is 16.0 Å². The van der Waals surface area contributed by atoms with E-state index in [1.54, 1.807) is 12.5 Å². The quantitative estimate of drug-likeness (QED) is 0.604. The van der Waals surface area contributed by atoms with E-state index in [2.05, 4.69) is 42.5 Å². The lowest BCUT2D eigenvalue weighted by atomic mass is 9.99. The summed E-state index contributed by atoms with van der Waals surface area (Å²) in [5.74, 6) is 0. The summed E-state index contributed by atoms with van der Waals surface area (Å²) in [6, 6.07) is 16.6. The van der Waals surface area contributed by atoms with Crippen LogP contribution in [-0.2, 0) is 6.42 Å². The van der Waals surface area contributed by atoms with Crippen molar-refractivity contribution < 1.29 is 4.42 Å². The van der Waals surface area contributed by atoms with Crippen LogP contribution >= 0.6 is 11.6 Å². The Balaban J connectivity index is 1.95. The third kappa shape index (κ3) is 2.14. The first-order valence-corrected chi connectivity index (χ1v) is 6.41. The molecular weight excluding hydrogens is 244 g/mol. The van der Waals surface area contributed by atoms with Gasteiger partial charge in [-0.3, -0.25) is 0 Å². The Morgan fingerprint density at radius 3 is 2.67 bits per heavy atom. The highest BCUT2D eigenvalue weighted by Gasteiger charge is 2.11. The topological polar surface area (TPSA) is 13.1 Å². The zero-order valence-corrected chi connectivity index (χ0v) is 10.6. The number of rotatable bonds is 3. The Morgan fingerprint density at radius 1 is 1.00 bits per heavy atom. The molecule has 0 bridgehead atoms. The Hall–Kier alpha value is -1.73. The van der Waals surface area contributed by atoms with Crippen LogP contribution in [0.25, 0.3) is 10.8 Å². The number of benzene rings is 2. The van der Waals surface area contributed by atoms with Crippen LogP contribution < -0.4 is 0 Å². The minimum atomic E-state index is -0.0467. The fraction of sp³-hybridized carbons (Fsp3) is 0.125. The van der Waals surface area contributed by atoms with Gasteiger partial charge in [-0.15, -0.1) is 11.6 Å². The molecule has 0 spiro atoms. The first-order chi connectivity index (χ1) is 8.84. The van der Waals surface area contributed by atoms with Crippen LogP contribution in [0.5, 0.6) is 0 Å². The lowest BCUT2D eigenvalue weighted by Gasteiger charge is -2.10. The smallest absolute Gasteiger partial charge is 0.0949 e. The molecule has 3 aromatic rings. The van der Waals surface area contributed by atoms with Crippen molar-refractivity contribution in [2.75, 3.05) is 0 Å². The monoisotopic (exact) mass is 256 g/mol. The Kier molecular flexibility index (Phi) is 3.07. The van der Waals surface area contributed by atoms with Crippen LogP contribution in [0.2, 0.25) is 0 Å². The van der Waals surface area contributed by atoms with Crippen LogP contribution in [0.1, 0.15) is 16.5 Å². The highest BCUT2D eigenvalue weighted by Crippen LogP contribution is 2.28. The van der Waals surface area contributed by atoms with E-state index in [0.29, 0.717) is 0 Å². The maximum absolute atomic E-state index is 6.42. The van der Waals surface area contributed by atoms with Crippen LogP contribution in [0.4, 0.5) is 0 Å². The molecule has 1 aromatic heterocycles. The van der Waals surface area contributed by atoms with Gasteiger partial charge in [-0.2, -0.15) is 0 Å². The second-order valence-corrected chi connectivity index (χ2v) is 4.89. The largest absolute Gasteiger partial charge is 0.472 e. The molecule has 3 rings (SSSR count). The second kappa shape index (κ2) is 4.87. The fourth-order valence-corrected chi connectivity index (χ4v) is 2.53. The van der Waals surface area contributed by atoms with Gasteiger partial charge in [0.25, 0.3) is 0 Å². The summed E-state index contributed by atoms with van der Waals surface area (Å²) >= 11 is 6.42. The van der Waals surface area contributed by atoms with Crippen molar-refractivity contribution in [3.05, 3.63) is 72.2 Å². The summed E-state index contributed by atoms with van der Waals surface area (Å²) in [4.78, 5) is 0. The maximum atomic E-state index is 6.42. The predicted molar refractivity (Wildman–Crippen MR) is 75.0 cm³/mol. The highest BCUT2D eigenvalue weighted by atomic mass is 35.5. The van der Waals surface area contributed by atoms with Crippen molar-refractivity contribution >= 4 is 22.4 Å². The molecule has 0 saturated carbocycles. The van der Waals surface area contributed by atoms with Crippen molar-refractivity contribution in [2.45, 2.75) is 11.8 Å². The van der Waals surface area contributed by atoms with Gasteiger partial charge >= 0.3 is 0 Å². The molecule has 18 heavy (non-hydrogen) atoms. The number of hydrogen-bond acceptors (Lipinski definition) is 1. The number of halogens is 1. The summed E-state index contributed by atoms with van der Waals surface area (Å²) in [5, 5.41) is 2.48. The molecule has 1 atom stereocenters. The van der Waals surface area contributed by atoms with E-state index in [0.717, 1.165) is 12.0 Å². The van der Waals surface area contributed by atoms with Gasteiger partial charge in [-0.05, 0) is 28.8 Å². The molecule has 2 aromatic carbocycles. The average molecular weight is 257 g/mol. The van der Waals surface area contributed by atoms with E-state index in [9.17, 15) is 0 Å². The van der Waals surface area contributed by atoms with E-state index < -0.39 is 0 Å². The third-order valence-electron chi connectivity index (χ3n) is 3.18. The molecular formula is C16H13ClO. The van der Waals surface area contributed by atoms with Gasteiger partial charge in [0.2, 0.25) is 0 Å². The van der Waals surface area contributed by atoms with Crippen molar-refractivity contribution in [1.29, 1.82) is 0 Å². The normalized spacial score (nSPS) is 12.7. The Bertz CT molecular complexity index is 638. The summed E-state index contributed by atoms with van der Waals surface area (Å²) in [6.45, 7) is 0. The van der Waals surface area contributed by atoms with Gasteiger partial charge < -0.3 is 4.42 Å². The molecule has 90 valence electrons. The predicted octanol–water partition coefficient (Wildman–Crippen LogP) is 4.96. The average Bonchev–Trinajstić information content (AvgIpc) is 2.93.